The van der Waals surface area contributed by atoms with Gasteiger partial charge in [0.2, 0.25) is 10.0 Å². The van der Waals surface area contributed by atoms with Gasteiger partial charge in [-0.25, -0.2) is 21.6 Å². The van der Waals surface area contributed by atoms with Crippen molar-refractivity contribution in [3.63, 3.8) is 0 Å². The minimum atomic E-state index is -4.89. The molecule has 0 spiro atoms. The van der Waals surface area contributed by atoms with Gasteiger partial charge in [-0.15, -0.1) is 0 Å². The highest BCUT2D eigenvalue weighted by Crippen LogP contribution is 2.49. The van der Waals surface area contributed by atoms with E-state index in [1.165, 1.54) is 18.2 Å². The minimum Gasteiger partial charge on any atom is -0.374 e. The second-order valence-electron chi connectivity index (χ2n) is 8.17. The Balaban J connectivity index is 1.62. The maximum absolute atomic E-state index is 14.2. The molecule has 1 saturated carbocycles. The van der Waals surface area contributed by atoms with Crippen molar-refractivity contribution in [2.24, 2.45) is 5.16 Å². The second-order valence-corrected chi connectivity index (χ2v) is 14.0. The highest BCUT2D eigenvalue weighted by atomic mass is 79.9. The number of hydrogen-bond acceptors (Lipinski definition) is 6. The highest BCUT2D eigenvalue weighted by molar-refractivity contribution is 9.10. The molecule has 0 radical (unpaired) electrons. The van der Waals surface area contributed by atoms with Crippen LogP contribution in [0.2, 0.25) is 10.0 Å². The Kier molecular flexibility index (Phi) is 6.99. The molecular formula is C20H16BrCl2F3N2O5S2. The van der Waals surface area contributed by atoms with Crippen LogP contribution in [0, 0.1) is 0 Å². The lowest BCUT2D eigenvalue weighted by Gasteiger charge is -2.29. The van der Waals surface area contributed by atoms with Crippen molar-refractivity contribution in [2.45, 2.75) is 42.0 Å². The van der Waals surface area contributed by atoms with Crippen LogP contribution < -0.4 is 4.72 Å². The van der Waals surface area contributed by atoms with E-state index in [2.05, 4.69) is 25.8 Å². The summed E-state index contributed by atoms with van der Waals surface area (Å²) >= 11 is 14.9. The van der Waals surface area contributed by atoms with Crippen molar-refractivity contribution in [3.8, 4) is 0 Å². The maximum atomic E-state index is 14.2. The summed E-state index contributed by atoms with van der Waals surface area (Å²) in [6.07, 6.45) is -4.34. The van der Waals surface area contributed by atoms with E-state index in [-0.39, 0.29) is 42.3 Å². The van der Waals surface area contributed by atoms with Gasteiger partial charge in [0, 0.05) is 38.1 Å². The molecule has 1 aliphatic heterocycles. The van der Waals surface area contributed by atoms with Crippen molar-refractivity contribution in [1.82, 2.24) is 4.72 Å². The number of halogens is 6. The maximum Gasteiger partial charge on any atom is 0.435 e. The van der Waals surface area contributed by atoms with Gasteiger partial charge in [0.05, 0.1) is 10.6 Å². The lowest BCUT2D eigenvalue weighted by Crippen LogP contribution is -2.42. The second kappa shape index (κ2) is 9.18. The zero-order chi connectivity index (χ0) is 25.8. The van der Waals surface area contributed by atoms with Crippen molar-refractivity contribution in [3.05, 3.63) is 62.0 Å². The first-order valence-electron chi connectivity index (χ1n) is 9.93. The number of hydrogen-bond donors (Lipinski definition) is 1. The monoisotopic (exact) mass is 634 g/mol. The van der Waals surface area contributed by atoms with Crippen LogP contribution in [0.15, 0.2) is 50.9 Å². The quantitative estimate of drug-likeness (QED) is 0.453. The van der Waals surface area contributed by atoms with Crippen molar-refractivity contribution < 1.29 is 34.8 Å². The molecule has 4 rings (SSSR count). The van der Waals surface area contributed by atoms with E-state index in [9.17, 15) is 30.0 Å². The van der Waals surface area contributed by atoms with Crippen LogP contribution in [-0.2, 0) is 30.3 Å². The SMILES string of the molecule is O=S(=O)(CS(=O)(=O)c1ccc(C2=NOC(c3cc(Cl)cc(Cl)c3)(C(F)(F)F)C2)cc1Br)NC1CC1. The molecule has 1 heterocycles. The molecule has 0 amide bonds. The standard InChI is InChI=1S/C20H16BrCl2F3N2O5S2/c21-16-5-11(1-4-18(16)34(29,30)10-35(31,32)28-15-2-3-15)17-9-19(33-27-17,20(24,25)26)12-6-13(22)8-14(23)7-12/h1,4-8,15,28H,2-3,9-10H2. The van der Waals surface area contributed by atoms with Crippen molar-refractivity contribution in [2.75, 3.05) is 5.08 Å². The molecular weight excluding hydrogens is 620 g/mol. The van der Waals surface area contributed by atoms with Gasteiger partial charge in [-0.3, -0.25) is 0 Å². The third-order valence-electron chi connectivity index (χ3n) is 5.35. The van der Waals surface area contributed by atoms with Gasteiger partial charge < -0.3 is 4.84 Å². The van der Waals surface area contributed by atoms with Gasteiger partial charge in [0.15, 0.2) is 14.9 Å². The Morgan fingerprint density at radius 2 is 1.71 bits per heavy atom. The predicted octanol–water partition coefficient (Wildman–Crippen LogP) is 5.15. The molecule has 1 aliphatic carbocycles. The molecule has 1 N–H and O–H groups in total. The van der Waals surface area contributed by atoms with Crippen molar-refractivity contribution in [1.29, 1.82) is 0 Å². The van der Waals surface area contributed by atoms with E-state index in [1.807, 2.05) is 0 Å². The molecule has 0 aromatic heterocycles. The first-order chi connectivity index (χ1) is 16.1. The zero-order valence-electron chi connectivity index (χ0n) is 17.4. The number of alkyl halides is 3. The van der Waals surface area contributed by atoms with E-state index >= 15 is 0 Å². The fourth-order valence-corrected chi connectivity index (χ4v) is 8.97. The van der Waals surface area contributed by atoms with E-state index < -0.39 is 43.1 Å². The molecule has 2 aromatic rings. The number of nitrogens with one attached hydrogen (secondary N) is 1. The molecule has 0 bridgehead atoms. The van der Waals surface area contributed by atoms with Crippen LogP contribution >= 0.6 is 39.1 Å². The Hall–Kier alpha value is -1.38. The molecule has 190 valence electrons. The average Bonchev–Trinajstić information content (AvgIpc) is 3.36. The summed E-state index contributed by atoms with van der Waals surface area (Å²) in [5, 5.41) is 2.43. The van der Waals surface area contributed by atoms with Gasteiger partial charge in [-0.05, 0) is 59.1 Å². The van der Waals surface area contributed by atoms with Gasteiger partial charge in [-0.2, -0.15) is 13.2 Å². The first kappa shape index (κ1) is 26.7. The number of sulfonamides is 1. The van der Waals surface area contributed by atoms with E-state index in [4.69, 9.17) is 28.0 Å². The van der Waals surface area contributed by atoms with Gasteiger partial charge in [0.25, 0.3) is 5.60 Å². The molecule has 1 fully saturated rings. The number of benzene rings is 2. The topological polar surface area (TPSA) is 102 Å². The molecule has 35 heavy (non-hydrogen) atoms. The van der Waals surface area contributed by atoms with E-state index in [0.29, 0.717) is 12.8 Å². The summed E-state index contributed by atoms with van der Waals surface area (Å²) in [6.45, 7) is 0. The fourth-order valence-electron chi connectivity index (χ4n) is 3.53. The summed E-state index contributed by atoms with van der Waals surface area (Å²) in [5.41, 5.74) is -3.15. The minimum absolute atomic E-state index is 0.0170. The molecule has 1 atom stereocenters. The Morgan fingerprint density at radius 1 is 1.09 bits per heavy atom. The van der Waals surface area contributed by atoms with E-state index in [0.717, 1.165) is 18.2 Å². The first-order valence-corrected chi connectivity index (χ1v) is 14.8. The van der Waals surface area contributed by atoms with Crippen LogP contribution in [0.25, 0.3) is 0 Å². The molecule has 2 aliphatic rings. The summed E-state index contributed by atoms with van der Waals surface area (Å²) in [6, 6.07) is 6.77. The van der Waals surface area contributed by atoms with Crippen LogP contribution in [0.1, 0.15) is 30.4 Å². The summed E-state index contributed by atoms with van der Waals surface area (Å²) in [5.74, 6) is 0. The van der Waals surface area contributed by atoms with Crippen LogP contribution in [0.4, 0.5) is 13.2 Å². The Labute approximate surface area is 217 Å². The normalized spacial score (nSPS) is 21.0. The molecule has 7 nitrogen and oxygen atoms in total. The number of nitrogens with zero attached hydrogens (tertiary/aromatic N) is 1. The Morgan fingerprint density at radius 3 is 2.26 bits per heavy atom. The summed E-state index contributed by atoms with van der Waals surface area (Å²) < 4.78 is 94.5. The summed E-state index contributed by atoms with van der Waals surface area (Å²) in [7, 11) is -8.37. The molecule has 1 unspecified atom stereocenters. The number of sulfone groups is 1. The van der Waals surface area contributed by atoms with E-state index in [1.54, 1.807) is 0 Å². The molecule has 2 aromatic carbocycles. The average molecular weight is 636 g/mol. The van der Waals surface area contributed by atoms with Crippen LogP contribution in [0.3, 0.4) is 0 Å². The molecule has 0 saturated heterocycles. The zero-order valence-corrected chi connectivity index (χ0v) is 22.2. The highest BCUT2D eigenvalue weighted by Gasteiger charge is 2.62. The lowest BCUT2D eigenvalue weighted by atomic mass is 9.86. The summed E-state index contributed by atoms with van der Waals surface area (Å²) in [4.78, 5) is 4.61. The molecule has 15 heteroatoms. The van der Waals surface area contributed by atoms with Crippen LogP contribution in [0.5, 0.6) is 0 Å². The number of oxime groups is 1. The van der Waals surface area contributed by atoms with Crippen molar-refractivity contribution >= 4 is 64.7 Å². The number of rotatable bonds is 7. The third-order valence-corrected chi connectivity index (χ3v) is 10.9. The predicted molar refractivity (Wildman–Crippen MR) is 128 cm³/mol. The van der Waals surface area contributed by atoms with Gasteiger partial charge in [0.1, 0.15) is 0 Å². The third kappa shape index (κ3) is 5.64. The van der Waals surface area contributed by atoms with Crippen LogP contribution in [-0.4, -0.2) is 39.9 Å². The lowest BCUT2D eigenvalue weighted by molar-refractivity contribution is -0.275. The fraction of sp³-hybridized carbons (Fsp3) is 0.350. The van der Waals surface area contributed by atoms with Gasteiger partial charge >= 0.3 is 6.18 Å². The Bertz CT molecular complexity index is 1410. The van der Waals surface area contributed by atoms with Gasteiger partial charge in [-0.1, -0.05) is 34.4 Å². The smallest absolute Gasteiger partial charge is 0.374 e. The largest absolute Gasteiger partial charge is 0.435 e.